The maximum Gasteiger partial charge on any atom is 0.373 e. The van der Waals surface area contributed by atoms with Crippen LogP contribution in [-0.2, 0) is 6.42 Å². The predicted octanol–water partition coefficient (Wildman–Crippen LogP) is 5.15. The Morgan fingerprint density at radius 2 is 1.93 bits per heavy atom. The Hall–Kier alpha value is -3.39. The second-order valence-electron chi connectivity index (χ2n) is 5.70. The van der Waals surface area contributed by atoms with Crippen LogP contribution in [0.25, 0.3) is 0 Å². The number of nitrogens with one attached hydrogen (secondary N) is 1. The molecule has 2 aromatic carbocycles. The van der Waals surface area contributed by atoms with E-state index >= 15 is 0 Å². The number of benzene rings is 2. The van der Waals surface area contributed by atoms with Gasteiger partial charge in [0.1, 0.15) is 17.8 Å². The van der Waals surface area contributed by atoms with Crippen LogP contribution < -0.4 is 14.8 Å². The standard InChI is InChI=1S/C19H17ClN4O4/c1-3-12-4-7-14(8-5-12)28-19-17(24(25)26)18(21-11-22-19)23-15-10-13(20)6-9-16(15)27-2/h4-11H,3H2,1-2H3,(H,21,22,23). The molecule has 1 aromatic heterocycles. The molecule has 0 saturated carbocycles. The average molecular weight is 401 g/mol. The van der Waals surface area contributed by atoms with Crippen molar-refractivity contribution in [1.82, 2.24) is 9.97 Å². The maximum absolute atomic E-state index is 11.7. The maximum atomic E-state index is 11.7. The zero-order chi connectivity index (χ0) is 20.1. The molecule has 8 nitrogen and oxygen atoms in total. The molecule has 0 aliphatic carbocycles. The molecule has 0 spiro atoms. The Morgan fingerprint density at radius 3 is 2.57 bits per heavy atom. The summed E-state index contributed by atoms with van der Waals surface area (Å²) in [5, 5.41) is 15.0. The number of aryl methyl sites for hydroxylation is 1. The average Bonchev–Trinajstić information content (AvgIpc) is 2.69. The molecule has 0 atom stereocenters. The Bertz CT molecular complexity index is 996. The lowest BCUT2D eigenvalue weighted by Crippen LogP contribution is -2.04. The molecule has 0 saturated heterocycles. The van der Waals surface area contributed by atoms with Gasteiger partial charge in [0.05, 0.1) is 17.7 Å². The molecule has 9 heteroatoms. The van der Waals surface area contributed by atoms with E-state index in [2.05, 4.69) is 15.3 Å². The Balaban J connectivity index is 1.97. The summed E-state index contributed by atoms with van der Waals surface area (Å²) >= 11 is 6.02. The minimum atomic E-state index is -0.602. The molecule has 0 aliphatic heterocycles. The van der Waals surface area contributed by atoms with Gasteiger partial charge in [-0.05, 0) is 42.3 Å². The molecule has 0 amide bonds. The molecule has 0 bridgehead atoms. The second kappa shape index (κ2) is 8.53. The molecular formula is C19H17ClN4O4. The highest BCUT2D eigenvalue weighted by molar-refractivity contribution is 6.31. The molecule has 1 heterocycles. The molecule has 28 heavy (non-hydrogen) atoms. The third-order valence-corrected chi connectivity index (χ3v) is 4.17. The fourth-order valence-electron chi connectivity index (χ4n) is 2.50. The highest BCUT2D eigenvalue weighted by Crippen LogP contribution is 2.38. The van der Waals surface area contributed by atoms with Gasteiger partial charge in [0.25, 0.3) is 0 Å². The van der Waals surface area contributed by atoms with Crippen LogP contribution in [0.4, 0.5) is 17.2 Å². The topological polar surface area (TPSA) is 99.4 Å². The van der Waals surface area contributed by atoms with Gasteiger partial charge in [0.2, 0.25) is 5.82 Å². The molecule has 144 valence electrons. The first-order valence-electron chi connectivity index (χ1n) is 8.38. The fraction of sp³-hybridized carbons (Fsp3) is 0.158. The van der Waals surface area contributed by atoms with Gasteiger partial charge in [0.15, 0.2) is 0 Å². The Kier molecular flexibility index (Phi) is 5.90. The van der Waals surface area contributed by atoms with E-state index < -0.39 is 10.6 Å². The summed E-state index contributed by atoms with van der Waals surface area (Å²) in [5.41, 5.74) is 1.15. The van der Waals surface area contributed by atoms with E-state index in [0.29, 0.717) is 22.2 Å². The van der Waals surface area contributed by atoms with E-state index in [0.717, 1.165) is 12.0 Å². The number of halogens is 1. The third kappa shape index (κ3) is 4.29. The summed E-state index contributed by atoms with van der Waals surface area (Å²) in [4.78, 5) is 19.0. The van der Waals surface area contributed by atoms with E-state index in [9.17, 15) is 10.1 Å². The summed E-state index contributed by atoms with van der Waals surface area (Å²) in [6.45, 7) is 2.03. The number of rotatable bonds is 7. The van der Waals surface area contributed by atoms with E-state index in [1.165, 1.54) is 13.4 Å². The predicted molar refractivity (Wildman–Crippen MR) is 106 cm³/mol. The van der Waals surface area contributed by atoms with Gasteiger partial charge in [-0.15, -0.1) is 0 Å². The largest absolute Gasteiger partial charge is 0.495 e. The van der Waals surface area contributed by atoms with Crippen LogP contribution in [0, 0.1) is 10.1 Å². The van der Waals surface area contributed by atoms with Crippen LogP contribution in [0.3, 0.4) is 0 Å². The lowest BCUT2D eigenvalue weighted by atomic mass is 10.2. The van der Waals surface area contributed by atoms with Gasteiger partial charge in [-0.25, -0.2) is 4.98 Å². The SMILES string of the molecule is CCc1ccc(Oc2ncnc(Nc3cc(Cl)ccc3OC)c2[N+](=O)[O-])cc1. The van der Waals surface area contributed by atoms with Gasteiger partial charge in [-0.2, -0.15) is 4.98 Å². The summed E-state index contributed by atoms with van der Waals surface area (Å²) in [6.07, 6.45) is 2.06. The number of methoxy groups -OCH3 is 1. The Labute approximate surface area is 166 Å². The lowest BCUT2D eigenvalue weighted by Gasteiger charge is -2.12. The first kappa shape index (κ1) is 19.4. The minimum Gasteiger partial charge on any atom is -0.495 e. The molecule has 3 aromatic rings. The van der Waals surface area contributed by atoms with Crippen molar-refractivity contribution in [2.75, 3.05) is 12.4 Å². The number of hydrogen-bond acceptors (Lipinski definition) is 7. The van der Waals surface area contributed by atoms with Crippen LogP contribution in [0.1, 0.15) is 12.5 Å². The van der Waals surface area contributed by atoms with Gasteiger partial charge in [0, 0.05) is 5.02 Å². The van der Waals surface area contributed by atoms with Crippen LogP contribution in [-0.4, -0.2) is 22.0 Å². The van der Waals surface area contributed by atoms with Gasteiger partial charge >= 0.3 is 11.6 Å². The molecule has 0 fully saturated rings. The van der Waals surface area contributed by atoms with Crippen molar-refractivity contribution in [3.8, 4) is 17.4 Å². The first-order valence-corrected chi connectivity index (χ1v) is 8.76. The third-order valence-electron chi connectivity index (χ3n) is 3.93. The van der Waals surface area contributed by atoms with Crippen molar-refractivity contribution >= 4 is 28.8 Å². The highest BCUT2D eigenvalue weighted by Gasteiger charge is 2.26. The summed E-state index contributed by atoms with van der Waals surface area (Å²) < 4.78 is 10.9. The monoisotopic (exact) mass is 400 g/mol. The van der Waals surface area contributed by atoms with Gasteiger partial charge in [-0.3, -0.25) is 10.1 Å². The smallest absolute Gasteiger partial charge is 0.373 e. The fourth-order valence-corrected chi connectivity index (χ4v) is 2.68. The molecule has 1 N–H and O–H groups in total. The van der Waals surface area contributed by atoms with E-state index in [1.807, 2.05) is 19.1 Å². The van der Waals surface area contributed by atoms with Gasteiger partial charge < -0.3 is 14.8 Å². The van der Waals surface area contributed by atoms with Crippen LogP contribution in [0.2, 0.25) is 5.02 Å². The van der Waals surface area contributed by atoms with Gasteiger partial charge in [-0.1, -0.05) is 30.7 Å². The van der Waals surface area contributed by atoms with Crippen molar-refractivity contribution in [2.45, 2.75) is 13.3 Å². The van der Waals surface area contributed by atoms with Crippen molar-refractivity contribution < 1.29 is 14.4 Å². The molecule has 3 rings (SSSR count). The zero-order valence-electron chi connectivity index (χ0n) is 15.2. The summed E-state index contributed by atoms with van der Waals surface area (Å²) in [6, 6.07) is 12.1. The molecule has 0 unspecified atom stereocenters. The molecule has 0 aliphatic rings. The zero-order valence-corrected chi connectivity index (χ0v) is 15.9. The van der Waals surface area contributed by atoms with E-state index in [1.54, 1.807) is 30.3 Å². The summed E-state index contributed by atoms with van der Waals surface area (Å²) in [7, 11) is 1.48. The lowest BCUT2D eigenvalue weighted by molar-refractivity contribution is -0.385. The molecular weight excluding hydrogens is 384 g/mol. The van der Waals surface area contributed by atoms with Crippen molar-refractivity contribution in [3.63, 3.8) is 0 Å². The highest BCUT2D eigenvalue weighted by atomic mass is 35.5. The minimum absolute atomic E-state index is 0.0410. The van der Waals surface area contributed by atoms with Crippen molar-refractivity contribution in [3.05, 3.63) is 69.5 Å². The number of nitro groups is 1. The first-order chi connectivity index (χ1) is 13.5. The molecule has 0 radical (unpaired) electrons. The Morgan fingerprint density at radius 1 is 1.18 bits per heavy atom. The van der Waals surface area contributed by atoms with Crippen LogP contribution in [0.15, 0.2) is 48.8 Å². The number of aromatic nitrogens is 2. The normalized spacial score (nSPS) is 10.4. The number of ether oxygens (including phenoxy) is 2. The number of nitrogens with zero attached hydrogens (tertiary/aromatic N) is 3. The van der Waals surface area contributed by atoms with Crippen LogP contribution >= 0.6 is 11.6 Å². The van der Waals surface area contributed by atoms with E-state index in [4.69, 9.17) is 21.1 Å². The second-order valence-corrected chi connectivity index (χ2v) is 6.14. The van der Waals surface area contributed by atoms with E-state index in [-0.39, 0.29) is 11.7 Å². The quantitative estimate of drug-likeness (QED) is 0.432. The number of hydrogen-bond donors (Lipinski definition) is 1. The number of anilines is 2. The van der Waals surface area contributed by atoms with Crippen molar-refractivity contribution in [2.24, 2.45) is 0 Å². The summed E-state index contributed by atoms with van der Waals surface area (Å²) in [5.74, 6) is 0.675. The van der Waals surface area contributed by atoms with Crippen LogP contribution in [0.5, 0.6) is 17.4 Å². The van der Waals surface area contributed by atoms with Crippen molar-refractivity contribution in [1.29, 1.82) is 0 Å².